The van der Waals surface area contributed by atoms with Crippen LogP contribution in [0.25, 0.3) is 0 Å². The summed E-state index contributed by atoms with van der Waals surface area (Å²) in [5, 5.41) is 0. The summed E-state index contributed by atoms with van der Waals surface area (Å²) >= 11 is 6.39. The summed E-state index contributed by atoms with van der Waals surface area (Å²) < 4.78 is 3.55. The lowest BCUT2D eigenvalue weighted by Crippen LogP contribution is -2.24. The number of esters is 1. The predicted octanol–water partition coefficient (Wildman–Crippen LogP) is 2.20. The van der Waals surface area contributed by atoms with Crippen molar-refractivity contribution in [3.05, 3.63) is 30.1 Å². The van der Waals surface area contributed by atoms with Crippen LogP contribution in [0.1, 0.15) is 5.69 Å². The molecule has 0 radical (unpaired) electrons. The van der Waals surface area contributed by atoms with Crippen molar-refractivity contribution in [3.63, 3.8) is 0 Å². The average Bonchev–Trinajstić information content (AvgIpc) is 2.18. The van der Waals surface area contributed by atoms with Gasteiger partial charge >= 0.3 is 5.97 Å². The summed E-state index contributed by atoms with van der Waals surface area (Å²) in [6.07, 6.45) is 1.61. The molecule has 3 nitrogen and oxygen atoms in total. The molecule has 0 amide bonds. The molecule has 0 fully saturated rings. The molecule has 0 aliphatic heterocycles. The minimum Gasteiger partial charge on any atom is -0.467 e. The Kier molecular flexibility index (Phi) is 3.44. The summed E-state index contributed by atoms with van der Waals surface area (Å²) in [6, 6.07) is 5.29. The summed E-state index contributed by atoms with van der Waals surface area (Å²) in [4.78, 5) is 15.3. The molecule has 0 saturated carbocycles. The Morgan fingerprint density at radius 1 is 1.54 bits per heavy atom. The number of pyridine rings is 1. The third kappa shape index (κ3) is 2.28. The van der Waals surface area contributed by atoms with Crippen molar-refractivity contribution in [2.45, 2.75) is 3.23 Å². The minimum atomic E-state index is -1.05. The number of ether oxygens (including phenoxy) is 1. The second kappa shape index (κ2) is 4.19. The highest BCUT2D eigenvalue weighted by Crippen LogP contribution is 2.37. The van der Waals surface area contributed by atoms with Gasteiger partial charge in [-0.25, -0.2) is 4.79 Å². The van der Waals surface area contributed by atoms with E-state index in [4.69, 9.17) is 0 Å². The van der Waals surface area contributed by atoms with Crippen molar-refractivity contribution in [1.82, 2.24) is 4.98 Å². The zero-order valence-corrected chi connectivity index (χ0v) is 10.0. The number of hydrogen-bond acceptors (Lipinski definition) is 3. The first-order valence-corrected chi connectivity index (χ1v) is 5.05. The molecule has 0 aromatic carbocycles. The molecule has 0 bridgehead atoms. The fourth-order valence-electron chi connectivity index (χ4n) is 0.781. The molecule has 0 N–H and O–H groups in total. The van der Waals surface area contributed by atoms with Gasteiger partial charge < -0.3 is 4.74 Å². The number of hydrogen-bond donors (Lipinski definition) is 0. The van der Waals surface area contributed by atoms with Crippen LogP contribution in [0.3, 0.4) is 0 Å². The molecule has 0 atom stereocenters. The quantitative estimate of drug-likeness (QED) is 0.621. The van der Waals surface area contributed by atoms with Gasteiger partial charge in [0.2, 0.25) is 3.23 Å². The second-order valence-electron chi connectivity index (χ2n) is 2.28. The van der Waals surface area contributed by atoms with Gasteiger partial charge in [0.25, 0.3) is 0 Å². The maximum Gasteiger partial charge on any atom is 0.339 e. The van der Waals surface area contributed by atoms with Gasteiger partial charge in [-0.05, 0) is 12.1 Å². The predicted molar refractivity (Wildman–Crippen MR) is 55.8 cm³/mol. The summed E-state index contributed by atoms with van der Waals surface area (Å²) in [5.41, 5.74) is 0.557. The summed E-state index contributed by atoms with van der Waals surface area (Å²) in [5.74, 6) is -0.439. The van der Waals surface area contributed by atoms with E-state index in [9.17, 15) is 4.79 Å². The van der Waals surface area contributed by atoms with Crippen molar-refractivity contribution < 1.29 is 9.53 Å². The first kappa shape index (κ1) is 10.7. The maximum absolute atomic E-state index is 11.3. The molecule has 0 spiro atoms. The Hall–Kier alpha value is -0.420. The molecule has 1 rings (SSSR count). The Labute approximate surface area is 92.8 Å². The van der Waals surface area contributed by atoms with Gasteiger partial charge in [-0.2, -0.15) is 0 Å². The Bertz CT molecular complexity index is 300. The zero-order chi connectivity index (χ0) is 9.90. The van der Waals surface area contributed by atoms with Crippen LogP contribution in [0.4, 0.5) is 0 Å². The van der Waals surface area contributed by atoms with Crippen LogP contribution >= 0.6 is 31.9 Å². The molecule has 0 saturated heterocycles. The topological polar surface area (TPSA) is 39.2 Å². The number of methoxy groups -OCH3 is 1. The molecule has 1 aromatic rings. The van der Waals surface area contributed by atoms with E-state index >= 15 is 0 Å². The van der Waals surface area contributed by atoms with Gasteiger partial charge in [0.1, 0.15) is 0 Å². The normalized spacial score (nSPS) is 11.0. The fraction of sp³-hybridized carbons (Fsp3) is 0.250. The SMILES string of the molecule is COC(=O)C(Br)(Br)c1ccccn1. The third-order valence-corrected chi connectivity index (χ3v) is 2.89. The third-order valence-electron chi connectivity index (χ3n) is 1.43. The minimum absolute atomic E-state index is 0.439. The zero-order valence-electron chi connectivity index (χ0n) is 6.83. The van der Waals surface area contributed by atoms with Crippen LogP contribution in [0.2, 0.25) is 0 Å². The van der Waals surface area contributed by atoms with Crippen molar-refractivity contribution in [2.75, 3.05) is 7.11 Å². The van der Waals surface area contributed by atoms with E-state index in [0.717, 1.165) is 0 Å². The lowest BCUT2D eigenvalue weighted by Gasteiger charge is -2.16. The Balaban J connectivity index is 3.00. The average molecular weight is 309 g/mol. The first-order valence-electron chi connectivity index (χ1n) is 3.46. The second-order valence-corrected chi connectivity index (χ2v) is 5.72. The first-order chi connectivity index (χ1) is 6.09. The van der Waals surface area contributed by atoms with Gasteiger partial charge in [-0.15, -0.1) is 0 Å². The molecular weight excluding hydrogens is 302 g/mol. The smallest absolute Gasteiger partial charge is 0.339 e. The van der Waals surface area contributed by atoms with Crippen LogP contribution < -0.4 is 0 Å². The Morgan fingerprint density at radius 2 is 2.23 bits per heavy atom. The fourth-order valence-corrected chi connectivity index (χ4v) is 1.57. The van der Waals surface area contributed by atoms with Crippen molar-refractivity contribution in [1.29, 1.82) is 0 Å². The highest BCUT2D eigenvalue weighted by Gasteiger charge is 2.36. The van der Waals surface area contributed by atoms with Crippen molar-refractivity contribution in [3.8, 4) is 0 Å². The van der Waals surface area contributed by atoms with Crippen LogP contribution in [0.5, 0.6) is 0 Å². The number of carbonyl (C=O) groups excluding carboxylic acids is 1. The van der Waals surface area contributed by atoms with Crippen LogP contribution in [-0.4, -0.2) is 18.1 Å². The number of rotatable bonds is 2. The van der Waals surface area contributed by atoms with Gasteiger partial charge in [-0.1, -0.05) is 37.9 Å². The van der Waals surface area contributed by atoms with E-state index in [1.807, 2.05) is 0 Å². The summed E-state index contributed by atoms with van der Waals surface area (Å²) in [6.45, 7) is 0. The number of halogens is 2. The van der Waals surface area contributed by atoms with Crippen LogP contribution in [0.15, 0.2) is 24.4 Å². The molecule has 13 heavy (non-hydrogen) atoms. The van der Waals surface area contributed by atoms with E-state index in [0.29, 0.717) is 5.69 Å². The molecule has 1 heterocycles. The standard InChI is InChI=1S/C8H7Br2NO2/c1-13-7(12)8(9,10)6-4-2-3-5-11-6/h2-5H,1H3. The lowest BCUT2D eigenvalue weighted by atomic mass is 10.3. The van der Waals surface area contributed by atoms with Gasteiger partial charge in [-0.3, -0.25) is 4.98 Å². The van der Waals surface area contributed by atoms with Gasteiger partial charge in [0.15, 0.2) is 0 Å². The molecule has 0 aliphatic rings. The van der Waals surface area contributed by atoms with E-state index < -0.39 is 9.20 Å². The largest absolute Gasteiger partial charge is 0.467 e. The number of nitrogens with zero attached hydrogens (tertiary/aromatic N) is 1. The number of carbonyl (C=O) groups is 1. The van der Waals surface area contributed by atoms with E-state index in [-0.39, 0.29) is 0 Å². The molecule has 70 valence electrons. The van der Waals surface area contributed by atoms with Crippen molar-refractivity contribution in [2.24, 2.45) is 0 Å². The highest BCUT2D eigenvalue weighted by molar-refractivity contribution is 9.25. The molecule has 1 aromatic heterocycles. The molecule has 0 aliphatic carbocycles. The highest BCUT2D eigenvalue weighted by atomic mass is 79.9. The molecule has 0 unspecified atom stereocenters. The van der Waals surface area contributed by atoms with E-state index in [1.54, 1.807) is 24.4 Å². The van der Waals surface area contributed by atoms with Gasteiger partial charge in [0, 0.05) is 6.20 Å². The lowest BCUT2D eigenvalue weighted by molar-refractivity contribution is -0.140. The maximum atomic E-state index is 11.3. The number of alkyl halides is 2. The van der Waals surface area contributed by atoms with Crippen LogP contribution in [-0.2, 0) is 12.8 Å². The Morgan fingerprint density at radius 3 is 2.69 bits per heavy atom. The van der Waals surface area contributed by atoms with Crippen molar-refractivity contribution >= 4 is 37.8 Å². The van der Waals surface area contributed by atoms with E-state index in [2.05, 4.69) is 41.6 Å². The molecule has 5 heteroatoms. The van der Waals surface area contributed by atoms with E-state index in [1.165, 1.54) is 7.11 Å². The monoisotopic (exact) mass is 307 g/mol. The number of aromatic nitrogens is 1. The van der Waals surface area contributed by atoms with Crippen LogP contribution in [0, 0.1) is 0 Å². The molecular formula is C8H7Br2NO2. The summed E-state index contributed by atoms with van der Waals surface area (Å²) in [7, 11) is 1.32. The van der Waals surface area contributed by atoms with Gasteiger partial charge in [0.05, 0.1) is 12.8 Å².